The zero-order chi connectivity index (χ0) is 16.4. The number of hydrogen-bond donors (Lipinski definition) is 0. The molecule has 2 heterocycles. The second-order valence-electron chi connectivity index (χ2n) is 6.01. The molecule has 0 spiro atoms. The van der Waals surface area contributed by atoms with E-state index in [2.05, 4.69) is 12.1 Å². The molecule has 1 aliphatic heterocycles. The quantitative estimate of drug-likeness (QED) is 0.840. The van der Waals surface area contributed by atoms with E-state index in [9.17, 15) is 8.42 Å². The second kappa shape index (κ2) is 6.45. The molecule has 6 heteroatoms. The number of sulfonamides is 1. The van der Waals surface area contributed by atoms with Crippen LogP contribution in [0.1, 0.15) is 49.2 Å². The van der Waals surface area contributed by atoms with Gasteiger partial charge >= 0.3 is 0 Å². The van der Waals surface area contributed by atoms with Crippen molar-refractivity contribution in [3.8, 4) is 0 Å². The van der Waals surface area contributed by atoms with Gasteiger partial charge < -0.3 is 4.52 Å². The van der Waals surface area contributed by atoms with E-state index >= 15 is 0 Å². The molecule has 0 N–H and O–H groups in total. The van der Waals surface area contributed by atoms with Crippen LogP contribution in [0.2, 0.25) is 0 Å². The fraction of sp³-hybridized carbons (Fsp3) is 0.471. The number of rotatable bonds is 5. The van der Waals surface area contributed by atoms with Crippen LogP contribution in [0.4, 0.5) is 0 Å². The fourth-order valence-corrected chi connectivity index (χ4v) is 5.04. The van der Waals surface area contributed by atoms with Crippen molar-refractivity contribution >= 4 is 10.0 Å². The molecular weight excluding hydrogens is 312 g/mol. The van der Waals surface area contributed by atoms with E-state index in [1.807, 2.05) is 25.1 Å². The largest absolute Gasteiger partial charge is 0.361 e. The normalized spacial score (nSPS) is 19.3. The van der Waals surface area contributed by atoms with Crippen LogP contribution >= 0.6 is 0 Å². The average Bonchev–Trinajstić information content (AvgIpc) is 3.16. The Kier molecular flexibility index (Phi) is 4.55. The highest BCUT2D eigenvalue weighted by Crippen LogP contribution is 2.36. The van der Waals surface area contributed by atoms with Gasteiger partial charge in [0.05, 0.1) is 10.9 Å². The predicted octanol–water partition coefficient (Wildman–Crippen LogP) is 3.46. The van der Waals surface area contributed by atoms with Gasteiger partial charge in [0.2, 0.25) is 10.0 Å². The molecule has 0 aliphatic carbocycles. The fourth-order valence-electron chi connectivity index (χ4n) is 3.15. The van der Waals surface area contributed by atoms with E-state index in [0.29, 0.717) is 11.4 Å². The van der Waals surface area contributed by atoms with Gasteiger partial charge in [-0.25, -0.2) is 8.42 Å². The van der Waals surface area contributed by atoms with E-state index in [-0.39, 0.29) is 6.04 Å². The van der Waals surface area contributed by atoms with E-state index in [1.54, 1.807) is 16.4 Å². The van der Waals surface area contributed by atoms with Crippen molar-refractivity contribution in [1.82, 2.24) is 9.46 Å². The smallest absolute Gasteiger partial charge is 0.243 e. The molecule has 1 saturated heterocycles. The molecule has 124 valence electrons. The van der Waals surface area contributed by atoms with Gasteiger partial charge in [-0.3, -0.25) is 0 Å². The van der Waals surface area contributed by atoms with Gasteiger partial charge in [-0.1, -0.05) is 30.3 Å². The Morgan fingerprint density at radius 3 is 2.87 bits per heavy atom. The third kappa shape index (κ3) is 3.05. The molecule has 23 heavy (non-hydrogen) atoms. The molecule has 2 aromatic rings. The molecule has 5 nitrogen and oxygen atoms in total. The lowest BCUT2D eigenvalue weighted by Crippen LogP contribution is -2.31. The van der Waals surface area contributed by atoms with Crippen molar-refractivity contribution in [3.05, 3.63) is 47.3 Å². The lowest BCUT2D eigenvalue weighted by atomic mass is 10.1. The first-order chi connectivity index (χ1) is 11.0. The molecule has 0 radical (unpaired) electrons. The Morgan fingerprint density at radius 2 is 2.13 bits per heavy atom. The van der Waals surface area contributed by atoms with Crippen molar-refractivity contribution < 1.29 is 12.9 Å². The van der Waals surface area contributed by atoms with Crippen LogP contribution in [0.5, 0.6) is 0 Å². The first-order valence-electron chi connectivity index (χ1n) is 8.07. The summed E-state index contributed by atoms with van der Waals surface area (Å²) in [6, 6.07) is 8.79. The second-order valence-corrected chi connectivity index (χ2v) is 7.87. The Labute approximate surface area is 137 Å². The highest BCUT2D eigenvalue weighted by atomic mass is 32.2. The molecule has 1 aliphatic rings. The summed E-state index contributed by atoms with van der Waals surface area (Å²) in [5.74, 6) is 0.822. The maximum absolute atomic E-state index is 13.0. The van der Waals surface area contributed by atoms with Gasteiger partial charge in [0.1, 0.15) is 11.5 Å². The maximum atomic E-state index is 13.0. The summed E-state index contributed by atoms with van der Waals surface area (Å²) in [4.78, 5) is 0.379. The Morgan fingerprint density at radius 1 is 1.35 bits per heavy atom. The van der Waals surface area contributed by atoms with Crippen molar-refractivity contribution in [2.24, 2.45) is 0 Å². The highest BCUT2D eigenvalue weighted by Gasteiger charge is 2.38. The predicted molar refractivity (Wildman–Crippen MR) is 87.5 cm³/mol. The van der Waals surface area contributed by atoms with Crippen LogP contribution in [-0.2, 0) is 16.4 Å². The molecule has 1 aromatic carbocycles. The van der Waals surface area contributed by atoms with Gasteiger partial charge in [0.25, 0.3) is 0 Å². The van der Waals surface area contributed by atoms with Crippen LogP contribution < -0.4 is 0 Å². The standard InChI is InChI=1S/C17H22N2O3S/c1-3-7-14-12-15(18-22-14)16-9-6-11-19(16)23(20,21)17-10-5-4-8-13(17)2/h4-5,8,10,12,16H,3,6-7,9,11H2,1-2H3/t16-/m1/s1. The summed E-state index contributed by atoms with van der Waals surface area (Å²) < 4.78 is 33.0. The monoisotopic (exact) mass is 334 g/mol. The lowest BCUT2D eigenvalue weighted by molar-refractivity contribution is 0.343. The number of hydrogen-bond acceptors (Lipinski definition) is 4. The third-order valence-corrected chi connectivity index (χ3v) is 6.37. The summed E-state index contributed by atoms with van der Waals surface area (Å²) in [5.41, 5.74) is 1.49. The first-order valence-corrected chi connectivity index (χ1v) is 9.51. The van der Waals surface area contributed by atoms with Crippen LogP contribution in [0, 0.1) is 6.92 Å². The topological polar surface area (TPSA) is 63.4 Å². The number of aryl methyl sites for hydroxylation is 2. The van der Waals surface area contributed by atoms with Crippen molar-refractivity contribution in [2.45, 2.75) is 50.5 Å². The summed E-state index contributed by atoms with van der Waals surface area (Å²) >= 11 is 0. The van der Waals surface area contributed by atoms with E-state index in [1.165, 1.54) is 0 Å². The molecule has 1 aromatic heterocycles. The molecule has 0 bridgehead atoms. The van der Waals surface area contributed by atoms with Gasteiger partial charge in [0.15, 0.2) is 0 Å². The zero-order valence-corrected chi connectivity index (χ0v) is 14.3. The minimum Gasteiger partial charge on any atom is -0.361 e. The van der Waals surface area contributed by atoms with Crippen molar-refractivity contribution in [1.29, 1.82) is 0 Å². The first kappa shape index (κ1) is 16.2. The summed E-state index contributed by atoms with van der Waals surface area (Å²) in [6.45, 7) is 4.43. The van der Waals surface area contributed by atoms with E-state index in [4.69, 9.17) is 4.52 Å². The molecule has 3 rings (SSSR count). The molecular formula is C17H22N2O3S. The Bertz CT molecular complexity index is 783. The molecule has 0 unspecified atom stereocenters. The van der Waals surface area contributed by atoms with Crippen LogP contribution in [0.15, 0.2) is 39.8 Å². The van der Waals surface area contributed by atoms with E-state index < -0.39 is 10.0 Å². The Balaban J connectivity index is 1.93. The van der Waals surface area contributed by atoms with Crippen molar-refractivity contribution in [2.75, 3.05) is 6.54 Å². The molecule has 0 saturated carbocycles. The summed E-state index contributed by atoms with van der Waals surface area (Å²) in [5, 5.41) is 4.12. The number of benzene rings is 1. The molecule has 0 amide bonds. The van der Waals surface area contributed by atoms with E-state index in [0.717, 1.165) is 42.7 Å². The third-order valence-electron chi connectivity index (χ3n) is 4.30. The average molecular weight is 334 g/mol. The zero-order valence-electron chi connectivity index (χ0n) is 13.5. The van der Waals surface area contributed by atoms with Crippen LogP contribution in [0.25, 0.3) is 0 Å². The number of aromatic nitrogens is 1. The highest BCUT2D eigenvalue weighted by molar-refractivity contribution is 7.89. The summed E-state index contributed by atoms with van der Waals surface area (Å²) in [7, 11) is -3.52. The van der Waals surface area contributed by atoms with Crippen LogP contribution in [0.3, 0.4) is 0 Å². The maximum Gasteiger partial charge on any atom is 0.243 e. The van der Waals surface area contributed by atoms with Crippen LogP contribution in [-0.4, -0.2) is 24.4 Å². The SMILES string of the molecule is CCCc1cc([C@H]2CCCN2S(=O)(=O)c2ccccc2C)no1. The molecule has 1 atom stereocenters. The Hall–Kier alpha value is -1.66. The minimum absolute atomic E-state index is 0.228. The minimum atomic E-state index is -3.52. The van der Waals surface area contributed by atoms with Gasteiger partial charge in [-0.2, -0.15) is 4.31 Å². The van der Waals surface area contributed by atoms with Gasteiger partial charge in [-0.15, -0.1) is 0 Å². The molecule has 1 fully saturated rings. The van der Waals surface area contributed by atoms with Gasteiger partial charge in [-0.05, 0) is 37.8 Å². The lowest BCUT2D eigenvalue weighted by Gasteiger charge is -2.23. The van der Waals surface area contributed by atoms with Gasteiger partial charge in [0, 0.05) is 19.0 Å². The van der Waals surface area contributed by atoms with Crippen molar-refractivity contribution in [3.63, 3.8) is 0 Å². The number of nitrogens with zero attached hydrogens (tertiary/aromatic N) is 2. The summed E-state index contributed by atoms with van der Waals surface area (Å²) in [6.07, 6.45) is 3.42.